The van der Waals surface area contributed by atoms with Crippen LogP contribution in [-0.2, 0) is 6.42 Å². The van der Waals surface area contributed by atoms with E-state index in [0.29, 0.717) is 23.1 Å². The van der Waals surface area contributed by atoms with Crippen molar-refractivity contribution < 1.29 is 15.3 Å². The lowest BCUT2D eigenvalue weighted by molar-refractivity contribution is 0.380. The molecular formula is C12H19NO3. The van der Waals surface area contributed by atoms with E-state index in [1.807, 2.05) is 19.0 Å². The van der Waals surface area contributed by atoms with Gasteiger partial charge in [-0.3, -0.25) is 0 Å². The van der Waals surface area contributed by atoms with Crippen molar-refractivity contribution in [2.75, 3.05) is 20.6 Å². The first-order chi connectivity index (χ1) is 7.36. The smallest absolute Gasteiger partial charge is 0.164 e. The summed E-state index contributed by atoms with van der Waals surface area (Å²) in [7, 11) is 3.89. The molecule has 16 heavy (non-hydrogen) atoms. The second-order valence-corrected chi connectivity index (χ2v) is 4.33. The second kappa shape index (κ2) is 4.61. The van der Waals surface area contributed by atoms with E-state index in [4.69, 9.17) is 0 Å². The maximum Gasteiger partial charge on any atom is 0.164 e. The lowest BCUT2D eigenvalue weighted by Gasteiger charge is -2.16. The number of rotatable bonds is 3. The molecule has 0 aliphatic rings. The van der Waals surface area contributed by atoms with E-state index in [2.05, 4.69) is 0 Å². The summed E-state index contributed by atoms with van der Waals surface area (Å²) >= 11 is 0. The molecule has 3 N–H and O–H groups in total. The largest absolute Gasteiger partial charge is 0.507 e. The third-order valence-electron chi connectivity index (χ3n) is 2.84. The van der Waals surface area contributed by atoms with E-state index in [1.165, 1.54) is 0 Å². The Hall–Kier alpha value is -1.42. The minimum atomic E-state index is -0.233. The van der Waals surface area contributed by atoms with Gasteiger partial charge in [0.15, 0.2) is 11.5 Å². The molecule has 0 fully saturated rings. The maximum absolute atomic E-state index is 9.91. The van der Waals surface area contributed by atoms with Crippen LogP contribution in [-0.4, -0.2) is 40.9 Å². The van der Waals surface area contributed by atoms with Crippen molar-refractivity contribution >= 4 is 0 Å². The van der Waals surface area contributed by atoms with Crippen LogP contribution in [0.15, 0.2) is 0 Å². The Morgan fingerprint density at radius 2 is 1.38 bits per heavy atom. The van der Waals surface area contributed by atoms with Crippen LogP contribution in [0.1, 0.15) is 16.7 Å². The molecule has 0 amide bonds. The molecule has 0 aromatic heterocycles. The lowest BCUT2D eigenvalue weighted by Crippen LogP contribution is -2.15. The number of hydrogen-bond donors (Lipinski definition) is 3. The van der Waals surface area contributed by atoms with E-state index >= 15 is 0 Å². The third kappa shape index (κ3) is 2.22. The van der Waals surface area contributed by atoms with Crippen LogP contribution < -0.4 is 0 Å². The second-order valence-electron chi connectivity index (χ2n) is 4.33. The van der Waals surface area contributed by atoms with E-state index < -0.39 is 0 Å². The average Bonchev–Trinajstić information content (AvgIpc) is 2.23. The quantitative estimate of drug-likeness (QED) is 0.539. The number of phenolic OH excluding ortho intramolecular Hbond substituents is 3. The first-order valence-electron chi connectivity index (χ1n) is 5.24. The third-order valence-corrected chi connectivity index (χ3v) is 2.84. The van der Waals surface area contributed by atoms with Crippen LogP contribution in [0, 0.1) is 13.8 Å². The molecular weight excluding hydrogens is 206 g/mol. The summed E-state index contributed by atoms with van der Waals surface area (Å²) in [5.74, 6) is -0.290. The van der Waals surface area contributed by atoms with Crippen LogP contribution in [0.5, 0.6) is 17.2 Å². The number of benzene rings is 1. The summed E-state index contributed by atoms with van der Waals surface area (Å²) in [5, 5.41) is 29.1. The van der Waals surface area contributed by atoms with E-state index in [-0.39, 0.29) is 17.2 Å². The van der Waals surface area contributed by atoms with Crippen LogP contribution >= 0.6 is 0 Å². The fourth-order valence-corrected chi connectivity index (χ4v) is 1.66. The minimum absolute atomic E-state index is 0.0784. The number of hydrogen-bond acceptors (Lipinski definition) is 4. The standard InChI is InChI=1S/C12H19NO3/c1-7-9(5-6-13(3)4)10(14)8(2)12(16)11(7)15/h14-16H,5-6H2,1-4H3. The van der Waals surface area contributed by atoms with Crippen LogP contribution in [0.2, 0.25) is 0 Å². The predicted molar refractivity (Wildman–Crippen MR) is 63.2 cm³/mol. The van der Waals surface area contributed by atoms with Gasteiger partial charge >= 0.3 is 0 Å². The van der Waals surface area contributed by atoms with Crippen molar-refractivity contribution in [3.8, 4) is 17.2 Å². The highest BCUT2D eigenvalue weighted by Gasteiger charge is 2.17. The number of aromatic hydroxyl groups is 3. The Labute approximate surface area is 95.8 Å². The molecule has 0 aliphatic heterocycles. The molecule has 0 saturated carbocycles. The minimum Gasteiger partial charge on any atom is -0.507 e. The molecule has 0 saturated heterocycles. The topological polar surface area (TPSA) is 63.9 Å². The predicted octanol–water partition coefficient (Wildman–Crippen LogP) is 1.52. The zero-order chi connectivity index (χ0) is 12.5. The summed E-state index contributed by atoms with van der Waals surface area (Å²) < 4.78 is 0. The molecule has 0 bridgehead atoms. The highest BCUT2D eigenvalue weighted by molar-refractivity contribution is 5.60. The maximum atomic E-state index is 9.91. The number of likely N-dealkylation sites (N-methyl/N-ethyl adjacent to an activating group) is 1. The van der Waals surface area contributed by atoms with Crippen molar-refractivity contribution in [3.63, 3.8) is 0 Å². The van der Waals surface area contributed by atoms with Crippen LogP contribution in [0.25, 0.3) is 0 Å². The van der Waals surface area contributed by atoms with Gasteiger partial charge in [0.25, 0.3) is 0 Å². The molecule has 1 aromatic rings. The monoisotopic (exact) mass is 225 g/mol. The van der Waals surface area contributed by atoms with E-state index in [9.17, 15) is 15.3 Å². The summed E-state index contributed by atoms with van der Waals surface area (Å²) in [6, 6.07) is 0. The Bertz CT molecular complexity index is 371. The summed E-state index contributed by atoms with van der Waals surface area (Å²) in [4.78, 5) is 2.00. The molecule has 0 heterocycles. The van der Waals surface area contributed by atoms with Gasteiger partial charge in [-0.15, -0.1) is 0 Å². The summed E-state index contributed by atoms with van der Waals surface area (Å²) in [6.45, 7) is 4.06. The van der Waals surface area contributed by atoms with E-state index in [1.54, 1.807) is 13.8 Å². The summed E-state index contributed by atoms with van der Waals surface area (Å²) in [5.41, 5.74) is 1.57. The highest BCUT2D eigenvalue weighted by Crippen LogP contribution is 2.41. The number of nitrogens with zero attached hydrogens (tertiary/aromatic N) is 1. The first-order valence-corrected chi connectivity index (χ1v) is 5.24. The molecule has 0 atom stereocenters. The van der Waals surface area contributed by atoms with Crippen molar-refractivity contribution in [2.45, 2.75) is 20.3 Å². The van der Waals surface area contributed by atoms with Gasteiger partial charge < -0.3 is 20.2 Å². The van der Waals surface area contributed by atoms with Gasteiger partial charge in [-0.1, -0.05) is 0 Å². The fraction of sp³-hybridized carbons (Fsp3) is 0.500. The first kappa shape index (κ1) is 12.6. The van der Waals surface area contributed by atoms with Gasteiger partial charge in [-0.2, -0.15) is 0 Å². The molecule has 90 valence electrons. The fourth-order valence-electron chi connectivity index (χ4n) is 1.66. The van der Waals surface area contributed by atoms with E-state index in [0.717, 1.165) is 6.54 Å². The average molecular weight is 225 g/mol. The Kier molecular flexibility index (Phi) is 3.65. The van der Waals surface area contributed by atoms with Gasteiger partial charge in [-0.05, 0) is 34.4 Å². The van der Waals surface area contributed by atoms with Crippen molar-refractivity contribution in [2.24, 2.45) is 0 Å². The zero-order valence-electron chi connectivity index (χ0n) is 10.2. The lowest BCUT2D eigenvalue weighted by atomic mass is 9.98. The molecule has 0 radical (unpaired) electrons. The van der Waals surface area contributed by atoms with Gasteiger partial charge in [0.2, 0.25) is 0 Å². The molecule has 4 heteroatoms. The number of phenols is 3. The molecule has 0 spiro atoms. The zero-order valence-corrected chi connectivity index (χ0v) is 10.2. The SMILES string of the molecule is Cc1c(O)c(O)c(C)c(CCN(C)C)c1O. The van der Waals surface area contributed by atoms with Crippen molar-refractivity contribution in [1.82, 2.24) is 4.90 Å². The van der Waals surface area contributed by atoms with Gasteiger partial charge in [0.05, 0.1) is 0 Å². The Morgan fingerprint density at radius 3 is 1.88 bits per heavy atom. The van der Waals surface area contributed by atoms with Crippen molar-refractivity contribution in [1.29, 1.82) is 0 Å². The summed E-state index contributed by atoms with van der Waals surface area (Å²) in [6.07, 6.45) is 0.638. The van der Waals surface area contributed by atoms with Crippen molar-refractivity contribution in [3.05, 3.63) is 16.7 Å². The van der Waals surface area contributed by atoms with Crippen LogP contribution in [0.4, 0.5) is 0 Å². The molecule has 4 nitrogen and oxygen atoms in total. The van der Waals surface area contributed by atoms with Gasteiger partial charge in [0.1, 0.15) is 5.75 Å². The molecule has 1 rings (SSSR count). The Morgan fingerprint density at radius 1 is 0.875 bits per heavy atom. The highest BCUT2D eigenvalue weighted by atomic mass is 16.3. The molecule has 1 aromatic carbocycles. The van der Waals surface area contributed by atoms with Crippen LogP contribution in [0.3, 0.4) is 0 Å². The van der Waals surface area contributed by atoms with Gasteiger partial charge in [-0.25, -0.2) is 0 Å². The molecule has 0 unspecified atom stereocenters. The van der Waals surface area contributed by atoms with Gasteiger partial charge in [0, 0.05) is 23.2 Å². The normalized spacial score (nSPS) is 11.1. The Balaban J connectivity index is 3.18. The molecule has 0 aliphatic carbocycles.